The van der Waals surface area contributed by atoms with Crippen LogP contribution in [0.1, 0.15) is 29.2 Å². The predicted octanol–water partition coefficient (Wildman–Crippen LogP) is 4.26. The number of aromatic amines is 1. The summed E-state index contributed by atoms with van der Waals surface area (Å²) in [5.74, 6) is 2.23. The quantitative estimate of drug-likeness (QED) is 0.508. The highest BCUT2D eigenvalue weighted by Crippen LogP contribution is 2.35. The molecule has 2 aromatic carbocycles. The van der Waals surface area contributed by atoms with Crippen molar-refractivity contribution in [3.63, 3.8) is 0 Å². The Balaban J connectivity index is 1.25. The van der Waals surface area contributed by atoms with Crippen LogP contribution in [0.5, 0.6) is 11.5 Å². The topological polar surface area (TPSA) is 94.1 Å². The molecule has 32 heavy (non-hydrogen) atoms. The number of imidazole rings is 1. The summed E-state index contributed by atoms with van der Waals surface area (Å²) in [6.45, 7) is 1.21. The average Bonchev–Trinajstić information content (AvgIpc) is 3.58. The van der Waals surface area contributed by atoms with E-state index in [0.29, 0.717) is 28.6 Å². The molecule has 0 atom stereocenters. The maximum atomic E-state index is 13.0. The van der Waals surface area contributed by atoms with Crippen LogP contribution in [0.25, 0.3) is 22.5 Å². The summed E-state index contributed by atoms with van der Waals surface area (Å²) in [4.78, 5) is 17.8. The number of fused-ring (bicyclic) bond motifs is 2. The van der Waals surface area contributed by atoms with E-state index in [1.807, 2.05) is 42.5 Å². The summed E-state index contributed by atoms with van der Waals surface area (Å²) in [7, 11) is 0. The van der Waals surface area contributed by atoms with E-state index in [9.17, 15) is 4.79 Å². The Kier molecular flexibility index (Phi) is 4.41. The molecular weight excluding hydrogens is 406 g/mol. The minimum Gasteiger partial charge on any atom is -0.454 e. The lowest BCUT2D eigenvalue weighted by Crippen LogP contribution is -2.13. The minimum absolute atomic E-state index is 0.214. The van der Waals surface area contributed by atoms with Crippen molar-refractivity contribution < 1.29 is 14.3 Å². The smallest absolute Gasteiger partial charge is 0.273 e. The molecule has 4 heterocycles. The number of nitrogens with one attached hydrogen (secondary N) is 2. The van der Waals surface area contributed by atoms with E-state index in [1.165, 1.54) is 12.8 Å². The summed E-state index contributed by atoms with van der Waals surface area (Å²) in [6, 6.07) is 15.0. The van der Waals surface area contributed by atoms with Gasteiger partial charge in [-0.2, -0.15) is 5.10 Å². The predicted molar refractivity (Wildman–Crippen MR) is 119 cm³/mol. The molecule has 0 unspecified atom stereocenters. The number of hydrogen-bond acceptors (Lipinski definition) is 5. The summed E-state index contributed by atoms with van der Waals surface area (Å²) in [5.41, 5.74) is 4.36. The zero-order chi connectivity index (χ0) is 21.5. The molecule has 2 aliphatic rings. The number of nitrogens with zero attached hydrogens (tertiary/aromatic N) is 3. The van der Waals surface area contributed by atoms with Crippen LogP contribution in [0.2, 0.25) is 0 Å². The van der Waals surface area contributed by atoms with Gasteiger partial charge in [0.05, 0.1) is 17.1 Å². The first-order chi connectivity index (χ1) is 15.7. The summed E-state index contributed by atoms with van der Waals surface area (Å²) in [5, 5.41) is 10.1. The number of carbonyl (C=O) groups excluding carboxylic acids is 1. The number of para-hydroxylation sites is 1. The van der Waals surface area contributed by atoms with E-state index in [0.717, 1.165) is 35.6 Å². The van der Waals surface area contributed by atoms with Crippen LogP contribution in [0, 0.1) is 0 Å². The van der Waals surface area contributed by atoms with Gasteiger partial charge in [0.25, 0.3) is 5.91 Å². The van der Waals surface area contributed by atoms with Crippen LogP contribution in [0.15, 0.2) is 54.7 Å². The fourth-order valence-corrected chi connectivity index (χ4v) is 4.19. The van der Waals surface area contributed by atoms with Gasteiger partial charge in [-0.25, -0.2) is 4.98 Å². The van der Waals surface area contributed by atoms with E-state index in [1.54, 1.807) is 6.07 Å². The van der Waals surface area contributed by atoms with E-state index in [2.05, 4.69) is 26.3 Å². The fraction of sp³-hybridized carbons (Fsp3) is 0.208. The number of hydrogen-bond donors (Lipinski definition) is 2. The first-order valence-electron chi connectivity index (χ1n) is 10.7. The van der Waals surface area contributed by atoms with Crippen molar-refractivity contribution in [1.82, 2.24) is 19.7 Å². The first kappa shape index (κ1) is 18.7. The number of aryl methyl sites for hydroxylation is 2. The number of carbonyl (C=O) groups is 1. The van der Waals surface area contributed by atoms with E-state index in [4.69, 9.17) is 14.5 Å². The number of H-pyrrole nitrogens is 1. The van der Waals surface area contributed by atoms with Crippen LogP contribution in [-0.4, -0.2) is 32.4 Å². The van der Waals surface area contributed by atoms with Crippen molar-refractivity contribution >= 4 is 11.6 Å². The molecule has 6 rings (SSSR count). The molecule has 2 aromatic heterocycles. The molecule has 0 aliphatic carbocycles. The van der Waals surface area contributed by atoms with Gasteiger partial charge in [0.2, 0.25) is 6.79 Å². The van der Waals surface area contributed by atoms with Crippen molar-refractivity contribution in [1.29, 1.82) is 0 Å². The van der Waals surface area contributed by atoms with Crippen molar-refractivity contribution in [2.45, 2.75) is 25.8 Å². The second-order valence-electron chi connectivity index (χ2n) is 7.93. The number of ether oxygens (including phenoxy) is 2. The van der Waals surface area contributed by atoms with Crippen LogP contribution >= 0.6 is 0 Å². The van der Waals surface area contributed by atoms with Crippen LogP contribution in [0.4, 0.5) is 5.69 Å². The van der Waals surface area contributed by atoms with Gasteiger partial charge in [0.1, 0.15) is 11.5 Å². The molecule has 0 radical (unpaired) electrons. The maximum Gasteiger partial charge on any atom is 0.273 e. The van der Waals surface area contributed by atoms with Gasteiger partial charge in [-0.15, -0.1) is 0 Å². The third kappa shape index (κ3) is 3.30. The zero-order valence-corrected chi connectivity index (χ0v) is 17.3. The molecule has 0 saturated carbocycles. The Morgan fingerprint density at radius 1 is 1.03 bits per heavy atom. The fourth-order valence-electron chi connectivity index (χ4n) is 4.19. The SMILES string of the molecule is O=C(Nc1ccccc1-c1cn2c(n1)CCCC2)c1cc(-c2ccc3c(c2)OCO3)n[nH]1. The number of amides is 1. The molecular formula is C24H21N5O3. The number of rotatable bonds is 4. The zero-order valence-electron chi connectivity index (χ0n) is 17.3. The van der Waals surface area contributed by atoms with Gasteiger partial charge in [-0.1, -0.05) is 18.2 Å². The monoisotopic (exact) mass is 427 g/mol. The number of anilines is 1. The van der Waals surface area contributed by atoms with Crippen LogP contribution < -0.4 is 14.8 Å². The Morgan fingerprint density at radius 3 is 2.88 bits per heavy atom. The Bertz CT molecular complexity index is 1300. The van der Waals surface area contributed by atoms with E-state index >= 15 is 0 Å². The maximum absolute atomic E-state index is 13.0. The van der Waals surface area contributed by atoms with Crippen molar-refractivity contribution in [3.8, 4) is 34.0 Å². The second kappa shape index (κ2) is 7.56. The Morgan fingerprint density at radius 2 is 1.94 bits per heavy atom. The summed E-state index contributed by atoms with van der Waals surface area (Å²) >= 11 is 0. The minimum atomic E-state index is -0.263. The van der Waals surface area contributed by atoms with Crippen LogP contribution in [-0.2, 0) is 13.0 Å². The normalized spacial score (nSPS) is 14.2. The number of aromatic nitrogens is 4. The van der Waals surface area contributed by atoms with Gasteiger partial charge < -0.3 is 19.4 Å². The molecule has 2 N–H and O–H groups in total. The Labute approximate surface area is 184 Å². The van der Waals surface area contributed by atoms with E-state index in [-0.39, 0.29) is 12.7 Å². The Hall–Kier alpha value is -4.07. The molecule has 160 valence electrons. The standard InChI is InChI=1S/C24H21N5O3/c30-24(19-12-18(27-28-19)15-8-9-21-22(11-15)32-14-31-21)26-17-6-2-1-5-16(17)20-13-29-10-4-3-7-23(29)25-20/h1-2,5-6,8-9,11-13H,3-4,7,10,14H2,(H,26,30)(H,27,28). The lowest BCUT2D eigenvalue weighted by atomic mass is 10.1. The third-order valence-corrected chi connectivity index (χ3v) is 5.85. The third-order valence-electron chi connectivity index (χ3n) is 5.85. The molecule has 2 aliphatic heterocycles. The summed E-state index contributed by atoms with van der Waals surface area (Å²) < 4.78 is 13.0. The van der Waals surface area contributed by atoms with Gasteiger partial charge in [-0.05, 0) is 43.2 Å². The highest BCUT2D eigenvalue weighted by atomic mass is 16.7. The molecule has 8 nitrogen and oxygen atoms in total. The molecule has 1 amide bonds. The summed E-state index contributed by atoms with van der Waals surface area (Å²) in [6.07, 6.45) is 5.41. The van der Waals surface area contributed by atoms with Gasteiger partial charge in [0, 0.05) is 30.3 Å². The van der Waals surface area contributed by atoms with Gasteiger partial charge in [-0.3, -0.25) is 9.89 Å². The molecule has 4 aromatic rings. The molecule has 0 bridgehead atoms. The highest BCUT2D eigenvalue weighted by Gasteiger charge is 2.19. The molecule has 0 saturated heterocycles. The van der Waals surface area contributed by atoms with Crippen LogP contribution in [0.3, 0.4) is 0 Å². The van der Waals surface area contributed by atoms with Gasteiger partial charge in [0.15, 0.2) is 11.5 Å². The largest absolute Gasteiger partial charge is 0.454 e. The molecule has 8 heteroatoms. The second-order valence-corrected chi connectivity index (χ2v) is 7.93. The molecule has 0 fully saturated rings. The van der Waals surface area contributed by atoms with Crippen molar-refractivity contribution in [3.05, 3.63) is 66.2 Å². The number of benzene rings is 2. The lowest BCUT2D eigenvalue weighted by Gasteiger charge is -2.11. The lowest BCUT2D eigenvalue weighted by molar-refractivity contribution is 0.102. The van der Waals surface area contributed by atoms with Crippen molar-refractivity contribution in [2.24, 2.45) is 0 Å². The highest BCUT2D eigenvalue weighted by molar-refractivity contribution is 6.05. The van der Waals surface area contributed by atoms with E-state index < -0.39 is 0 Å². The molecule has 0 spiro atoms. The van der Waals surface area contributed by atoms with Crippen molar-refractivity contribution in [2.75, 3.05) is 12.1 Å². The average molecular weight is 427 g/mol. The first-order valence-corrected chi connectivity index (χ1v) is 10.7. The van der Waals surface area contributed by atoms with Gasteiger partial charge >= 0.3 is 0 Å².